The van der Waals surface area contributed by atoms with Crippen LogP contribution in [0, 0.1) is 0 Å². The van der Waals surface area contributed by atoms with Crippen molar-refractivity contribution in [3.8, 4) is 0 Å². The average molecular weight is 287 g/mol. The summed E-state index contributed by atoms with van der Waals surface area (Å²) < 4.78 is 2.04. The molecular formula is C14H17N5S. The van der Waals surface area contributed by atoms with E-state index in [1.54, 1.807) is 17.7 Å². The molecule has 3 aromatic heterocycles. The lowest BCUT2D eigenvalue weighted by molar-refractivity contribution is 0.815. The van der Waals surface area contributed by atoms with Crippen molar-refractivity contribution in [2.24, 2.45) is 7.05 Å². The highest BCUT2D eigenvalue weighted by Crippen LogP contribution is 2.28. The zero-order valence-corrected chi connectivity index (χ0v) is 12.4. The van der Waals surface area contributed by atoms with Crippen LogP contribution in [0.1, 0.15) is 17.5 Å². The Hall–Kier alpha value is -1.95. The van der Waals surface area contributed by atoms with Gasteiger partial charge in [0.2, 0.25) is 0 Å². The summed E-state index contributed by atoms with van der Waals surface area (Å²) in [4.78, 5) is 15.2. The van der Waals surface area contributed by atoms with E-state index in [0.717, 1.165) is 35.4 Å². The highest BCUT2D eigenvalue weighted by atomic mass is 32.1. The Bertz CT molecular complexity index is 715. The molecule has 0 aromatic carbocycles. The fourth-order valence-electron chi connectivity index (χ4n) is 2.16. The molecule has 1 N–H and O–H groups in total. The minimum atomic E-state index is 0.836. The Morgan fingerprint density at radius 2 is 2.25 bits per heavy atom. The van der Waals surface area contributed by atoms with Gasteiger partial charge in [-0.2, -0.15) is 0 Å². The maximum atomic E-state index is 4.36. The maximum Gasteiger partial charge on any atom is 0.138 e. The SMILES string of the molecule is CCc1cc2c(NCCc3cncn3C)ncnc2s1. The van der Waals surface area contributed by atoms with Gasteiger partial charge in [-0.1, -0.05) is 6.92 Å². The summed E-state index contributed by atoms with van der Waals surface area (Å²) in [6, 6.07) is 2.19. The number of imidazole rings is 1. The standard InChI is InChI=1S/C14H17N5S/c1-3-11-6-12-13(17-8-18-14(12)20-11)16-5-4-10-7-15-9-19(10)2/h6-9H,3-5H2,1-2H3,(H,16,17,18). The van der Waals surface area contributed by atoms with Crippen molar-refractivity contribution < 1.29 is 0 Å². The molecule has 0 fully saturated rings. The van der Waals surface area contributed by atoms with Gasteiger partial charge in [0.15, 0.2) is 0 Å². The van der Waals surface area contributed by atoms with E-state index >= 15 is 0 Å². The monoisotopic (exact) mass is 287 g/mol. The van der Waals surface area contributed by atoms with Crippen molar-refractivity contribution in [1.29, 1.82) is 0 Å². The quantitative estimate of drug-likeness (QED) is 0.784. The second-order valence-corrected chi connectivity index (χ2v) is 5.80. The van der Waals surface area contributed by atoms with Crippen LogP contribution in [0.15, 0.2) is 24.9 Å². The normalized spacial score (nSPS) is 11.1. The molecule has 0 saturated heterocycles. The second kappa shape index (κ2) is 5.58. The molecule has 0 amide bonds. The van der Waals surface area contributed by atoms with E-state index < -0.39 is 0 Å². The van der Waals surface area contributed by atoms with Gasteiger partial charge in [-0.3, -0.25) is 0 Å². The molecule has 3 rings (SSSR count). The van der Waals surface area contributed by atoms with Crippen LogP contribution in [-0.4, -0.2) is 26.1 Å². The minimum absolute atomic E-state index is 0.836. The van der Waals surface area contributed by atoms with Gasteiger partial charge in [0, 0.05) is 36.8 Å². The lowest BCUT2D eigenvalue weighted by Gasteiger charge is -2.06. The van der Waals surface area contributed by atoms with Gasteiger partial charge >= 0.3 is 0 Å². The van der Waals surface area contributed by atoms with Crippen LogP contribution >= 0.6 is 11.3 Å². The van der Waals surface area contributed by atoms with Crippen LogP contribution in [0.25, 0.3) is 10.2 Å². The molecule has 0 aliphatic carbocycles. The van der Waals surface area contributed by atoms with Gasteiger partial charge < -0.3 is 9.88 Å². The Morgan fingerprint density at radius 3 is 3.00 bits per heavy atom. The first kappa shape index (κ1) is 13.1. The molecule has 20 heavy (non-hydrogen) atoms. The number of fused-ring (bicyclic) bond motifs is 1. The van der Waals surface area contributed by atoms with Gasteiger partial charge in [-0.15, -0.1) is 11.3 Å². The van der Waals surface area contributed by atoms with E-state index in [1.165, 1.54) is 10.6 Å². The number of nitrogens with zero attached hydrogens (tertiary/aromatic N) is 4. The predicted molar refractivity (Wildman–Crippen MR) is 82.2 cm³/mol. The molecule has 0 saturated carbocycles. The number of hydrogen-bond acceptors (Lipinski definition) is 5. The van der Waals surface area contributed by atoms with Crippen molar-refractivity contribution in [2.45, 2.75) is 19.8 Å². The lowest BCUT2D eigenvalue weighted by atomic mass is 10.3. The van der Waals surface area contributed by atoms with E-state index in [-0.39, 0.29) is 0 Å². The molecule has 5 nitrogen and oxygen atoms in total. The molecule has 0 spiro atoms. The molecular weight excluding hydrogens is 270 g/mol. The van der Waals surface area contributed by atoms with Crippen molar-refractivity contribution in [1.82, 2.24) is 19.5 Å². The molecule has 0 aliphatic heterocycles. The first-order valence-corrected chi connectivity index (χ1v) is 7.52. The largest absolute Gasteiger partial charge is 0.369 e. The molecule has 0 aliphatic rings. The van der Waals surface area contributed by atoms with Gasteiger partial charge in [0.25, 0.3) is 0 Å². The number of hydrogen-bond donors (Lipinski definition) is 1. The third kappa shape index (κ3) is 2.51. The topological polar surface area (TPSA) is 55.6 Å². The Balaban J connectivity index is 1.74. The first-order chi connectivity index (χ1) is 9.78. The summed E-state index contributed by atoms with van der Waals surface area (Å²) in [5.74, 6) is 0.924. The van der Waals surface area contributed by atoms with E-state index in [2.05, 4.69) is 33.3 Å². The molecule has 0 atom stereocenters. The Morgan fingerprint density at radius 1 is 1.35 bits per heavy atom. The number of thiophene rings is 1. The fraction of sp³-hybridized carbons (Fsp3) is 0.357. The molecule has 0 bridgehead atoms. The molecule has 0 unspecified atom stereocenters. The zero-order valence-electron chi connectivity index (χ0n) is 11.6. The second-order valence-electron chi connectivity index (χ2n) is 4.68. The van der Waals surface area contributed by atoms with Crippen LogP contribution in [0.5, 0.6) is 0 Å². The minimum Gasteiger partial charge on any atom is -0.369 e. The van der Waals surface area contributed by atoms with Crippen LogP contribution in [0.3, 0.4) is 0 Å². The van der Waals surface area contributed by atoms with Gasteiger partial charge in [0.05, 0.1) is 11.7 Å². The molecule has 6 heteroatoms. The smallest absolute Gasteiger partial charge is 0.138 e. The van der Waals surface area contributed by atoms with Crippen LogP contribution < -0.4 is 5.32 Å². The maximum absolute atomic E-state index is 4.36. The average Bonchev–Trinajstić information content (AvgIpc) is 3.05. The van der Waals surface area contributed by atoms with E-state index in [9.17, 15) is 0 Å². The van der Waals surface area contributed by atoms with Crippen LogP contribution in [-0.2, 0) is 19.9 Å². The number of rotatable bonds is 5. The summed E-state index contributed by atoms with van der Waals surface area (Å²) in [5.41, 5.74) is 1.21. The number of aromatic nitrogens is 4. The van der Waals surface area contributed by atoms with Crippen LogP contribution in [0.2, 0.25) is 0 Å². The zero-order chi connectivity index (χ0) is 13.9. The van der Waals surface area contributed by atoms with E-state index in [1.807, 2.05) is 24.1 Å². The van der Waals surface area contributed by atoms with Crippen molar-refractivity contribution in [2.75, 3.05) is 11.9 Å². The van der Waals surface area contributed by atoms with E-state index in [0.29, 0.717) is 0 Å². The summed E-state index contributed by atoms with van der Waals surface area (Å²) in [5, 5.41) is 4.53. The Kier molecular flexibility index (Phi) is 3.64. The number of aryl methyl sites for hydroxylation is 2. The first-order valence-electron chi connectivity index (χ1n) is 6.70. The third-order valence-electron chi connectivity index (χ3n) is 3.32. The van der Waals surface area contributed by atoms with Crippen molar-refractivity contribution in [3.05, 3.63) is 35.5 Å². The van der Waals surface area contributed by atoms with E-state index in [4.69, 9.17) is 0 Å². The molecule has 3 heterocycles. The molecule has 0 radical (unpaired) electrons. The highest BCUT2D eigenvalue weighted by molar-refractivity contribution is 7.18. The Labute approximate surface area is 121 Å². The third-order valence-corrected chi connectivity index (χ3v) is 4.51. The highest BCUT2D eigenvalue weighted by Gasteiger charge is 2.07. The van der Waals surface area contributed by atoms with Gasteiger partial charge in [-0.05, 0) is 12.5 Å². The van der Waals surface area contributed by atoms with Crippen LogP contribution in [0.4, 0.5) is 5.82 Å². The van der Waals surface area contributed by atoms with Crippen molar-refractivity contribution >= 4 is 27.4 Å². The summed E-state index contributed by atoms with van der Waals surface area (Å²) in [6.07, 6.45) is 7.31. The summed E-state index contributed by atoms with van der Waals surface area (Å²) >= 11 is 1.74. The number of anilines is 1. The van der Waals surface area contributed by atoms with Gasteiger partial charge in [-0.25, -0.2) is 15.0 Å². The van der Waals surface area contributed by atoms with Gasteiger partial charge in [0.1, 0.15) is 17.0 Å². The van der Waals surface area contributed by atoms with Crippen molar-refractivity contribution in [3.63, 3.8) is 0 Å². The lowest BCUT2D eigenvalue weighted by Crippen LogP contribution is -2.08. The number of nitrogens with one attached hydrogen (secondary N) is 1. The summed E-state index contributed by atoms with van der Waals surface area (Å²) in [6.45, 7) is 3.00. The predicted octanol–water partition coefficient (Wildman–Crippen LogP) is 2.64. The molecule has 104 valence electrons. The summed E-state index contributed by atoms with van der Waals surface area (Å²) in [7, 11) is 2.01. The fourth-order valence-corrected chi connectivity index (χ4v) is 3.09. The molecule has 3 aromatic rings.